The van der Waals surface area contributed by atoms with Crippen LogP contribution in [-0.2, 0) is 0 Å². The van der Waals surface area contributed by atoms with E-state index in [1.54, 1.807) is 12.4 Å². The van der Waals surface area contributed by atoms with Gasteiger partial charge in [0.1, 0.15) is 5.82 Å². The zero-order valence-electron chi connectivity index (χ0n) is 7.36. The third-order valence-electron chi connectivity index (χ3n) is 1.59. The highest BCUT2D eigenvalue weighted by Gasteiger charge is 1.99. The molecule has 0 radical (unpaired) electrons. The fourth-order valence-electron chi connectivity index (χ4n) is 0.847. The molecule has 1 aromatic rings. The van der Waals surface area contributed by atoms with Crippen LogP contribution in [0.1, 0.15) is 5.69 Å². The summed E-state index contributed by atoms with van der Waals surface area (Å²) >= 11 is 4.14. The summed E-state index contributed by atoms with van der Waals surface area (Å²) in [5, 5.41) is 0. The minimum absolute atomic E-state index is 0.825. The van der Waals surface area contributed by atoms with Gasteiger partial charge in [0.2, 0.25) is 0 Å². The van der Waals surface area contributed by atoms with E-state index in [2.05, 4.69) is 22.6 Å². The van der Waals surface area contributed by atoms with Gasteiger partial charge in [-0.05, 0) is 6.92 Å². The molecule has 0 aromatic carbocycles. The minimum Gasteiger partial charge on any atom is -0.358 e. The lowest BCUT2D eigenvalue weighted by atomic mass is 10.5. The third kappa shape index (κ3) is 2.37. The number of hydrogen-bond donors (Lipinski definition) is 1. The van der Waals surface area contributed by atoms with Gasteiger partial charge in [0.15, 0.2) is 0 Å². The van der Waals surface area contributed by atoms with Crippen molar-refractivity contribution in [1.29, 1.82) is 0 Å². The van der Waals surface area contributed by atoms with Gasteiger partial charge in [0.25, 0.3) is 0 Å². The molecule has 66 valence electrons. The van der Waals surface area contributed by atoms with Gasteiger partial charge < -0.3 is 4.90 Å². The maximum atomic E-state index is 4.23. The Morgan fingerprint density at radius 2 is 2.17 bits per heavy atom. The van der Waals surface area contributed by atoms with Crippen LogP contribution in [0.15, 0.2) is 12.4 Å². The van der Waals surface area contributed by atoms with Crippen molar-refractivity contribution in [1.82, 2.24) is 9.97 Å². The summed E-state index contributed by atoms with van der Waals surface area (Å²) in [6.45, 7) is 2.82. The first-order valence-corrected chi connectivity index (χ1v) is 4.48. The van der Waals surface area contributed by atoms with Crippen molar-refractivity contribution >= 4 is 18.4 Å². The van der Waals surface area contributed by atoms with Gasteiger partial charge in [-0.15, -0.1) is 0 Å². The highest BCUT2D eigenvalue weighted by Crippen LogP contribution is 2.05. The molecule has 0 bridgehead atoms. The van der Waals surface area contributed by atoms with Gasteiger partial charge >= 0.3 is 0 Å². The fourth-order valence-corrected chi connectivity index (χ4v) is 1.15. The maximum absolute atomic E-state index is 4.23. The lowest BCUT2D eigenvalue weighted by Gasteiger charge is -2.15. The molecule has 3 nitrogen and oxygen atoms in total. The van der Waals surface area contributed by atoms with Gasteiger partial charge in [0.05, 0.1) is 18.1 Å². The highest BCUT2D eigenvalue weighted by molar-refractivity contribution is 7.80. The van der Waals surface area contributed by atoms with Crippen molar-refractivity contribution in [2.45, 2.75) is 6.92 Å². The normalized spacial score (nSPS) is 9.92. The Morgan fingerprint density at radius 1 is 1.42 bits per heavy atom. The van der Waals surface area contributed by atoms with E-state index in [-0.39, 0.29) is 0 Å². The van der Waals surface area contributed by atoms with Crippen LogP contribution in [0.2, 0.25) is 0 Å². The Labute approximate surface area is 78.2 Å². The molecule has 0 atom stereocenters. The van der Waals surface area contributed by atoms with Gasteiger partial charge in [-0.25, -0.2) is 4.98 Å². The van der Waals surface area contributed by atoms with Crippen LogP contribution < -0.4 is 4.90 Å². The summed E-state index contributed by atoms with van der Waals surface area (Å²) in [6, 6.07) is 0. The Kier molecular flexibility index (Phi) is 3.34. The zero-order chi connectivity index (χ0) is 8.97. The van der Waals surface area contributed by atoms with E-state index in [1.807, 2.05) is 18.9 Å². The molecule has 0 saturated heterocycles. The van der Waals surface area contributed by atoms with E-state index in [0.717, 1.165) is 23.8 Å². The van der Waals surface area contributed by atoms with Crippen molar-refractivity contribution in [3.63, 3.8) is 0 Å². The van der Waals surface area contributed by atoms with Crippen LogP contribution in [0, 0.1) is 6.92 Å². The summed E-state index contributed by atoms with van der Waals surface area (Å²) in [5.74, 6) is 1.72. The van der Waals surface area contributed by atoms with Crippen LogP contribution in [-0.4, -0.2) is 29.3 Å². The van der Waals surface area contributed by atoms with Crippen molar-refractivity contribution < 1.29 is 0 Å². The fraction of sp³-hybridized carbons (Fsp3) is 0.500. The standard InChI is InChI=1S/C8H13N3S/c1-7-5-10-8(6-9-7)11(2)3-4-12/h5-6,12H,3-4H2,1-2H3. The number of aryl methyl sites for hydroxylation is 1. The van der Waals surface area contributed by atoms with E-state index < -0.39 is 0 Å². The lowest BCUT2D eigenvalue weighted by Crippen LogP contribution is -2.20. The van der Waals surface area contributed by atoms with E-state index in [1.165, 1.54) is 0 Å². The van der Waals surface area contributed by atoms with Gasteiger partial charge in [-0.3, -0.25) is 4.98 Å². The van der Waals surface area contributed by atoms with Gasteiger partial charge in [0, 0.05) is 19.3 Å². The molecule has 1 rings (SSSR count). The molecule has 0 unspecified atom stereocenters. The summed E-state index contributed by atoms with van der Waals surface area (Å²) in [4.78, 5) is 10.4. The SMILES string of the molecule is Cc1cnc(N(C)CCS)cn1. The van der Waals surface area contributed by atoms with Crippen LogP contribution in [0.5, 0.6) is 0 Å². The third-order valence-corrected chi connectivity index (χ3v) is 1.79. The lowest BCUT2D eigenvalue weighted by molar-refractivity contribution is 0.930. The minimum atomic E-state index is 0.825. The molecule has 0 aliphatic heterocycles. The Balaban J connectivity index is 2.68. The van der Waals surface area contributed by atoms with E-state index >= 15 is 0 Å². The van der Waals surface area contributed by atoms with E-state index in [9.17, 15) is 0 Å². The van der Waals surface area contributed by atoms with Crippen molar-refractivity contribution in [3.05, 3.63) is 18.1 Å². The van der Waals surface area contributed by atoms with Crippen molar-refractivity contribution in [2.24, 2.45) is 0 Å². The monoisotopic (exact) mass is 183 g/mol. The molecule has 12 heavy (non-hydrogen) atoms. The Bertz CT molecular complexity index is 235. The van der Waals surface area contributed by atoms with Crippen LogP contribution in [0.25, 0.3) is 0 Å². The topological polar surface area (TPSA) is 29.0 Å². The molecule has 0 N–H and O–H groups in total. The molecule has 1 aromatic heterocycles. The molecule has 0 aliphatic carbocycles. The molecular weight excluding hydrogens is 170 g/mol. The summed E-state index contributed by atoms with van der Waals surface area (Å²) in [5.41, 5.74) is 0.943. The Morgan fingerprint density at radius 3 is 2.67 bits per heavy atom. The number of anilines is 1. The van der Waals surface area contributed by atoms with Crippen LogP contribution in [0.3, 0.4) is 0 Å². The smallest absolute Gasteiger partial charge is 0.146 e. The highest BCUT2D eigenvalue weighted by atomic mass is 32.1. The first kappa shape index (κ1) is 9.32. The Hall–Kier alpha value is -0.770. The number of nitrogens with zero attached hydrogens (tertiary/aromatic N) is 3. The molecule has 0 saturated carbocycles. The average molecular weight is 183 g/mol. The number of aromatic nitrogens is 2. The van der Waals surface area contributed by atoms with E-state index in [4.69, 9.17) is 0 Å². The first-order valence-electron chi connectivity index (χ1n) is 3.84. The number of thiol groups is 1. The van der Waals surface area contributed by atoms with Crippen molar-refractivity contribution in [2.75, 3.05) is 24.2 Å². The molecule has 1 heterocycles. The summed E-state index contributed by atoms with van der Waals surface area (Å²) < 4.78 is 0. The summed E-state index contributed by atoms with van der Waals surface area (Å²) in [7, 11) is 1.98. The number of hydrogen-bond acceptors (Lipinski definition) is 4. The van der Waals surface area contributed by atoms with Crippen LogP contribution >= 0.6 is 12.6 Å². The molecular formula is C8H13N3S. The van der Waals surface area contributed by atoms with Crippen molar-refractivity contribution in [3.8, 4) is 0 Å². The van der Waals surface area contributed by atoms with Gasteiger partial charge in [-0.1, -0.05) is 0 Å². The summed E-state index contributed by atoms with van der Waals surface area (Å²) in [6.07, 6.45) is 3.54. The second-order valence-corrected chi connectivity index (χ2v) is 3.11. The van der Waals surface area contributed by atoms with Gasteiger partial charge in [-0.2, -0.15) is 12.6 Å². The first-order chi connectivity index (χ1) is 5.74. The zero-order valence-corrected chi connectivity index (χ0v) is 8.25. The predicted octanol–water partition coefficient (Wildman–Crippen LogP) is 1.15. The number of rotatable bonds is 3. The largest absolute Gasteiger partial charge is 0.358 e. The molecule has 0 spiro atoms. The van der Waals surface area contributed by atoms with E-state index in [0.29, 0.717) is 0 Å². The second-order valence-electron chi connectivity index (χ2n) is 2.66. The second kappa shape index (κ2) is 4.30. The molecule has 0 fully saturated rings. The van der Waals surface area contributed by atoms with Crippen LogP contribution in [0.4, 0.5) is 5.82 Å². The average Bonchev–Trinajstić information content (AvgIpc) is 2.06. The molecule has 0 aliphatic rings. The maximum Gasteiger partial charge on any atom is 0.146 e. The quantitative estimate of drug-likeness (QED) is 0.713. The molecule has 0 amide bonds. The predicted molar refractivity (Wildman–Crippen MR) is 53.9 cm³/mol. The molecule has 4 heteroatoms.